The minimum Gasteiger partial charge on any atom is -0.491 e. The first kappa shape index (κ1) is 23.8. The second-order valence-corrected chi connectivity index (χ2v) is 8.09. The van der Waals surface area contributed by atoms with E-state index < -0.39 is 35.3 Å². The van der Waals surface area contributed by atoms with Gasteiger partial charge >= 0.3 is 12.0 Å². The van der Waals surface area contributed by atoms with E-state index in [1.807, 2.05) is 24.3 Å². The van der Waals surface area contributed by atoms with Gasteiger partial charge in [-0.3, -0.25) is 14.5 Å². The van der Waals surface area contributed by atoms with Gasteiger partial charge in [0.15, 0.2) is 0 Å². The Labute approximate surface area is 193 Å². The Kier molecular flexibility index (Phi) is 7.02. The molecule has 3 amide bonds. The van der Waals surface area contributed by atoms with Crippen LogP contribution in [0.3, 0.4) is 0 Å². The van der Waals surface area contributed by atoms with Gasteiger partial charge in [-0.2, -0.15) is 5.26 Å². The molecule has 1 unspecified atom stereocenters. The van der Waals surface area contributed by atoms with Gasteiger partial charge in [0.2, 0.25) is 5.91 Å². The monoisotopic (exact) mass is 449 g/mol. The van der Waals surface area contributed by atoms with E-state index in [1.165, 1.54) is 14.0 Å². The number of esters is 1. The lowest BCUT2D eigenvalue weighted by atomic mass is 9.78. The number of hydrogen-bond acceptors (Lipinski definition) is 6. The molecule has 0 radical (unpaired) electrons. The van der Waals surface area contributed by atoms with E-state index in [0.29, 0.717) is 17.9 Å². The van der Waals surface area contributed by atoms with E-state index in [-0.39, 0.29) is 6.61 Å². The highest BCUT2D eigenvalue weighted by Crippen LogP contribution is 2.42. The standard InChI is InChI=1S/C25H27N3O5/c1-5-27-24(31)28-21(16(2)25(3,22(28)29)23(30)32-4)15-33-20-12-10-19(11-13-20)18-8-6-17(14-26)7-9-18/h6-13,16,21H,5,15H2,1-4H3,(H,27,31)/t16?,21-,25+/m1/s1. The summed E-state index contributed by atoms with van der Waals surface area (Å²) >= 11 is 0. The van der Waals surface area contributed by atoms with Crippen LogP contribution in [0.15, 0.2) is 48.5 Å². The average Bonchev–Trinajstić information content (AvgIpc) is 3.04. The van der Waals surface area contributed by atoms with Crippen molar-refractivity contribution in [3.63, 3.8) is 0 Å². The first-order chi connectivity index (χ1) is 15.8. The maximum atomic E-state index is 13.1. The zero-order valence-corrected chi connectivity index (χ0v) is 19.1. The van der Waals surface area contributed by atoms with Crippen LogP contribution in [0, 0.1) is 22.7 Å². The molecular formula is C25H27N3O5. The number of hydrogen-bond donors (Lipinski definition) is 1. The Morgan fingerprint density at radius 3 is 2.21 bits per heavy atom. The fourth-order valence-electron chi connectivity index (χ4n) is 4.05. The number of urea groups is 1. The van der Waals surface area contributed by atoms with E-state index in [9.17, 15) is 14.4 Å². The minimum atomic E-state index is -1.48. The van der Waals surface area contributed by atoms with Crippen LogP contribution in [0.4, 0.5) is 4.79 Å². The van der Waals surface area contributed by atoms with E-state index in [2.05, 4.69) is 11.4 Å². The Bertz CT molecular complexity index is 1070. The molecule has 3 rings (SSSR count). The number of amides is 3. The van der Waals surface area contributed by atoms with Crippen molar-refractivity contribution in [2.75, 3.05) is 20.3 Å². The third-order valence-corrected chi connectivity index (χ3v) is 6.26. The summed E-state index contributed by atoms with van der Waals surface area (Å²) in [7, 11) is 1.23. The van der Waals surface area contributed by atoms with Crippen LogP contribution >= 0.6 is 0 Å². The summed E-state index contributed by atoms with van der Waals surface area (Å²) in [5.41, 5.74) is 1.03. The fraction of sp³-hybridized carbons (Fsp3) is 0.360. The summed E-state index contributed by atoms with van der Waals surface area (Å²) in [5, 5.41) is 11.6. The van der Waals surface area contributed by atoms with Crippen molar-refractivity contribution in [3.05, 3.63) is 54.1 Å². The van der Waals surface area contributed by atoms with Crippen molar-refractivity contribution >= 4 is 17.9 Å². The van der Waals surface area contributed by atoms with Gasteiger partial charge < -0.3 is 14.8 Å². The summed E-state index contributed by atoms with van der Waals surface area (Å²) in [6, 6.07) is 15.5. The highest BCUT2D eigenvalue weighted by molar-refractivity contribution is 6.10. The molecule has 8 heteroatoms. The molecule has 2 aromatic carbocycles. The van der Waals surface area contributed by atoms with Gasteiger partial charge in [0.05, 0.1) is 24.8 Å². The Hall–Kier alpha value is -3.86. The molecule has 1 fully saturated rings. The molecule has 0 aromatic heterocycles. The number of nitrogens with zero attached hydrogens (tertiary/aromatic N) is 2. The molecule has 2 aromatic rings. The zero-order chi connectivity index (χ0) is 24.2. The molecule has 1 heterocycles. The lowest BCUT2D eigenvalue weighted by Crippen LogP contribution is -2.49. The van der Waals surface area contributed by atoms with Crippen LogP contribution in [-0.2, 0) is 14.3 Å². The third-order valence-electron chi connectivity index (χ3n) is 6.26. The number of ether oxygens (including phenoxy) is 2. The first-order valence-electron chi connectivity index (χ1n) is 10.7. The summed E-state index contributed by atoms with van der Waals surface area (Å²) in [4.78, 5) is 39.3. The molecule has 1 aliphatic heterocycles. The van der Waals surface area contributed by atoms with Crippen molar-refractivity contribution in [2.45, 2.75) is 26.8 Å². The van der Waals surface area contributed by atoms with Crippen LogP contribution < -0.4 is 10.1 Å². The quantitative estimate of drug-likeness (QED) is 0.535. The second-order valence-electron chi connectivity index (χ2n) is 8.09. The molecule has 0 spiro atoms. The number of nitriles is 1. The fourth-order valence-corrected chi connectivity index (χ4v) is 4.05. The highest BCUT2D eigenvalue weighted by atomic mass is 16.5. The normalized spacial score (nSPS) is 21.9. The van der Waals surface area contributed by atoms with Crippen LogP contribution in [-0.4, -0.2) is 49.1 Å². The summed E-state index contributed by atoms with van der Waals surface area (Å²) in [5.74, 6) is -1.23. The van der Waals surface area contributed by atoms with Crippen molar-refractivity contribution in [2.24, 2.45) is 11.3 Å². The lowest BCUT2D eigenvalue weighted by Gasteiger charge is -2.26. The van der Waals surface area contributed by atoms with E-state index in [4.69, 9.17) is 14.7 Å². The van der Waals surface area contributed by atoms with Gasteiger partial charge in [0.1, 0.15) is 17.8 Å². The molecule has 1 N–H and O–H groups in total. The Morgan fingerprint density at radius 2 is 1.70 bits per heavy atom. The summed E-state index contributed by atoms with van der Waals surface area (Å²) in [6.07, 6.45) is 0. The maximum Gasteiger partial charge on any atom is 0.324 e. The van der Waals surface area contributed by atoms with Crippen LogP contribution in [0.2, 0.25) is 0 Å². The predicted molar refractivity (Wildman–Crippen MR) is 121 cm³/mol. The largest absolute Gasteiger partial charge is 0.491 e. The maximum absolute atomic E-state index is 13.1. The number of likely N-dealkylation sites (tertiary alicyclic amines) is 1. The number of imide groups is 1. The Morgan fingerprint density at radius 1 is 1.12 bits per heavy atom. The smallest absolute Gasteiger partial charge is 0.324 e. The van der Waals surface area contributed by atoms with Gasteiger partial charge in [0.25, 0.3) is 0 Å². The van der Waals surface area contributed by atoms with Crippen LogP contribution in [0.25, 0.3) is 11.1 Å². The van der Waals surface area contributed by atoms with E-state index in [1.54, 1.807) is 38.1 Å². The van der Waals surface area contributed by atoms with Gasteiger partial charge in [0, 0.05) is 12.5 Å². The van der Waals surface area contributed by atoms with Gasteiger partial charge in [-0.1, -0.05) is 31.2 Å². The first-order valence-corrected chi connectivity index (χ1v) is 10.7. The molecular weight excluding hydrogens is 422 g/mol. The van der Waals surface area contributed by atoms with Gasteiger partial charge in [-0.05, 0) is 49.2 Å². The van der Waals surface area contributed by atoms with Crippen molar-refractivity contribution < 1.29 is 23.9 Å². The number of carbonyl (C=O) groups is 3. The lowest BCUT2D eigenvalue weighted by molar-refractivity contribution is -0.159. The Balaban J connectivity index is 1.78. The topological polar surface area (TPSA) is 109 Å². The number of rotatable bonds is 6. The molecule has 3 atom stereocenters. The summed E-state index contributed by atoms with van der Waals surface area (Å²) in [6.45, 7) is 5.38. The predicted octanol–water partition coefficient (Wildman–Crippen LogP) is 3.36. The third kappa shape index (κ3) is 4.40. The molecule has 33 heavy (non-hydrogen) atoms. The van der Waals surface area contributed by atoms with E-state index >= 15 is 0 Å². The number of nitrogens with one attached hydrogen (secondary N) is 1. The summed E-state index contributed by atoms with van der Waals surface area (Å²) < 4.78 is 10.8. The average molecular weight is 450 g/mol. The highest BCUT2D eigenvalue weighted by Gasteiger charge is 2.61. The van der Waals surface area contributed by atoms with Crippen molar-refractivity contribution in [1.82, 2.24) is 10.2 Å². The van der Waals surface area contributed by atoms with Gasteiger partial charge in [-0.25, -0.2) is 4.79 Å². The number of benzene rings is 2. The molecule has 172 valence electrons. The minimum absolute atomic E-state index is 0.0346. The number of methoxy groups -OCH3 is 1. The number of carbonyl (C=O) groups excluding carboxylic acids is 3. The molecule has 0 bridgehead atoms. The second kappa shape index (κ2) is 9.74. The molecule has 8 nitrogen and oxygen atoms in total. The SMILES string of the molecule is CCNC(=O)N1C(=O)[C@@](C)(C(=O)OC)C(C)[C@H]1COc1ccc(-c2ccc(C#N)cc2)cc1. The van der Waals surface area contributed by atoms with E-state index in [0.717, 1.165) is 16.0 Å². The zero-order valence-electron chi connectivity index (χ0n) is 19.1. The van der Waals surface area contributed by atoms with Crippen molar-refractivity contribution in [1.29, 1.82) is 5.26 Å². The molecule has 1 saturated heterocycles. The molecule has 0 saturated carbocycles. The van der Waals surface area contributed by atoms with Crippen LogP contribution in [0.5, 0.6) is 5.75 Å². The van der Waals surface area contributed by atoms with Crippen LogP contribution in [0.1, 0.15) is 26.3 Å². The molecule has 0 aliphatic carbocycles. The van der Waals surface area contributed by atoms with Gasteiger partial charge in [-0.15, -0.1) is 0 Å². The van der Waals surface area contributed by atoms with Crippen molar-refractivity contribution in [3.8, 4) is 22.9 Å². The molecule has 1 aliphatic rings.